The lowest BCUT2D eigenvalue weighted by Gasteiger charge is -2.15. The van der Waals surface area contributed by atoms with Crippen LogP contribution in [-0.4, -0.2) is 18.6 Å². The molecule has 1 N–H and O–H groups in total. The maximum atomic E-state index is 13.3. The average molecular weight is 239 g/mol. The van der Waals surface area contributed by atoms with E-state index >= 15 is 0 Å². The highest BCUT2D eigenvalue weighted by molar-refractivity contribution is 5.75. The molecule has 94 valence electrons. The minimum absolute atomic E-state index is 0.265. The Morgan fingerprint density at radius 2 is 2.12 bits per heavy atom. The van der Waals surface area contributed by atoms with E-state index in [0.29, 0.717) is 25.1 Å². The zero-order valence-corrected chi connectivity index (χ0v) is 10.2. The summed E-state index contributed by atoms with van der Waals surface area (Å²) in [5.41, 5.74) is 0.551. The van der Waals surface area contributed by atoms with Crippen molar-refractivity contribution in [2.24, 2.45) is 0 Å². The molecule has 3 nitrogen and oxygen atoms in total. The van der Waals surface area contributed by atoms with Crippen molar-refractivity contribution < 1.29 is 13.9 Å². The van der Waals surface area contributed by atoms with Crippen LogP contribution >= 0.6 is 0 Å². The average Bonchev–Trinajstić information content (AvgIpc) is 2.32. The summed E-state index contributed by atoms with van der Waals surface area (Å²) in [5.74, 6) is -0.551. The summed E-state index contributed by atoms with van der Waals surface area (Å²) in [6.45, 7) is 4.33. The number of benzene rings is 1. The lowest BCUT2D eigenvalue weighted by molar-refractivity contribution is -0.145. The van der Waals surface area contributed by atoms with E-state index in [1.54, 1.807) is 25.1 Å². The van der Waals surface area contributed by atoms with Crippen LogP contribution in [0, 0.1) is 5.82 Å². The van der Waals surface area contributed by atoms with Crippen molar-refractivity contribution in [1.82, 2.24) is 5.32 Å². The van der Waals surface area contributed by atoms with Crippen LogP contribution in [0.3, 0.4) is 0 Å². The third-order valence-electron chi connectivity index (χ3n) is 2.48. The molecule has 4 heteroatoms. The highest BCUT2D eigenvalue weighted by atomic mass is 19.1. The zero-order valence-electron chi connectivity index (χ0n) is 10.2. The Morgan fingerprint density at radius 3 is 2.71 bits per heavy atom. The van der Waals surface area contributed by atoms with Crippen LogP contribution in [0.2, 0.25) is 0 Å². The first kappa shape index (κ1) is 13.6. The topological polar surface area (TPSA) is 38.3 Å². The number of carbonyl (C=O) groups excluding carboxylic acids is 1. The van der Waals surface area contributed by atoms with Crippen molar-refractivity contribution in [1.29, 1.82) is 0 Å². The minimum atomic E-state index is -0.380. The van der Waals surface area contributed by atoms with E-state index in [-0.39, 0.29) is 17.8 Å². The first-order valence-corrected chi connectivity index (χ1v) is 5.82. The molecule has 0 saturated heterocycles. The van der Waals surface area contributed by atoms with Gasteiger partial charge in [-0.25, -0.2) is 4.39 Å². The molecule has 1 atom stereocenters. The zero-order chi connectivity index (χ0) is 12.7. The van der Waals surface area contributed by atoms with Crippen LogP contribution in [0.5, 0.6) is 0 Å². The maximum absolute atomic E-state index is 13.3. The number of esters is 1. The van der Waals surface area contributed by atoms with E-state index in [1.807, 2.05) is 6.92 Å². The van der Waals surface area contributed by atoms with Gasteiger partial charge in [0.15, 0.2) is 0 Å². The van der Waals surface area contributed by atoms with Gasteiger partial charge in [-0.1, -0.05) is 25.1 Å². The van der Waals surface area contributed by atoms with Gasteiger partial charge in [0.2, 0.25) is 0 Å². The van der Waals surface area contributed by atoms with Crippen LogP contribution in [0.1, 0.15) is 25.8 Å². The second kappa shape index (κ2) is 7.01. The summed E-state index contributed by atoms with van der Waals surface area (Å²) >= 11 is 0. The number of carbonyl (C=O) groups is 1. The van der Waals surface area contributed by atoms with E-state index in [9.17, 15) is 9.18 Å². The minimum Gasteiger partial charge on any atom is -0.465 e. The molecular weight excluding hydrogens is 221 g/mol. The highest BCUT2D eigenvalue weighted by Gasteiger charge is 2.17. The fourth-order valence-corrected chi connectivity index (χ4v) is 1.51. The Hall–Kier alpha value is -1.42. The van der Waals surface area contributed by atoms with Crippen molar-refractivity contribution in [2.75, 3.05) is 6.61 Å². The molecule has 17 heavy (non-hydrogen) atoms. The van der Waals surface area contributed by atoms with Crippen molar-refractivity contribution in [3.63, 3.8) is 0 Å². The van der Waals surface area contributed by atoms with Gasteiger partial charge in [0.25, 0.3) is 0 Å². The van der Waals surface area contributed by atoms with Crippen LogP contribution in [0.4, 0.5) is 4.39 Å². The summed E-state index contributed by atoms with van der Waals surface area (Å²) in [7, 11) is 0. The number of nitrogens with one attached hydrogen (secondary N) is 1. The molecule has 0 saturated carbocycles. The third-order valence-corrected chi connectivity index (χ3v) is 2.48. The normalized spacial score (nSPS) is 12.2. The molecule has 0 aliphatic heterocycles. The molecule has 1 rings (SSSR count). The molecule has 0 spiro atoms. The first-order valence-electron chi connectivity index (χ1n) is 5.82. The number of rotatable bonds is 6. The second-order valence-corrected chi connectivity index (χ2v) is 3.69. The van der Waals surface area contributed by atoms with E-state index in [2.05, 4.69) is 5.32 Å². The van der Waals surface area contributed by atoms with Crippen molar-refractivity contribution >= 4 is 5.97 Å². The Kier molecular flexibility index (Phi) is 5.63. The van der Waals surface area contributed by atoms with E-state index in [0.717, 1.165) is 0 Å². The first-order chi connectivity index (χ1) is 8.19. The van der Waals surface area contributed by atoms with Crippen molar-refractivity contribution in [3.05, 3.63) is 35.6 Å². The summed E-state index contributed by atoms with van der Waals surface area (Å²) in [6.07, 6.45) is 0.618. The van der Waals surface area contributed by atoms with Crippen LogP contribution in [-0.2, 0) is 16.1 Å². The molecule has 0 aliphatic rings. The molecule has 1 unspecified atom stereocenters. The Balaban J connectivity index is 2.53. The summed E-state index contributed by atoms with van der Waals surface area (Å²) in [4.78, 5) is 11.5. The van der Waals surface area contributed by atoms with E-state index in [4.69, 9.17) is 4.74 Å². The predicted octanol–water partition coefficient (Wildman–Crippen LogP) is 2.26. The molecule has 0 amide bonds. The Bertz CT molecular complexity index is 368. The summed E-state index contributed by atoms with van der Waals surface area (Å²) in [6, 6.07) is 6.13. The SMILES string of the molecule is CCOC(=O)C(CC)NCc1ccccc1F. The van der Waals surface area contributed by atoms with Gasteiger partial charge in [-0.05, 0) is 19.4 Å². The quantitative estimate of drug-likeness (QED) is 0.774. The van der Waals surface area contributed by atoms with Crippen LogP contribution in [0.15, 0.2) is 24.3 Å². The van der Waals surface area contributed by atoms with Gasteiger partial charge in [-0.2, -0.15) is 0 Å². The maximum Gasteiger partial charge on any atom is 0.323 e. The fraction of sp³-hybridized carbons (Fsp3) is 0.462. The summed E-state index contributed by atoms with van der Waals surface area (Å²) in [5, 5.41) is 3.00. The van der Waals surface area contributed by atoms with Crippen molar-refractivity contribution in [3.8, 4) is 0 Å². The number of hydrogen-bond acceptors (Lipinski definition) is 3. The summed E-state index contributed by atoms with van der Waals surface area (Å²) < 4.78 is 18.3. The van der Waals surface area contributed by atoms with Crippen LogP contribution in [0.25, 0.3) is 0 Å². The monoisotopic (exact) mass is 239 g/mol. The molecule has 1 aromatic rings. The Morgan fingerprint density at radius 1 is 1.41 bits per heavy atom. The molecule has 0 heterocycles. The fourth-order valence-electron chi connectivity index (χ4n) is 1.51. The molecule has 0 fully saturated rings. The van der Waals surface area contributed by atoms with Gasteiger partial charge in [0, 0.05) is 12.1 Å². The molecule has 1 aromatic carbocycles. The number of hydrogen-bond donors (Lipinski definition) is 1. The molecule has 0 bridgehead atoms. The number of ether oxygens (including phenoxy) is 1. The van der Waals surface area contributed by atoms with Gasteiger partial charge in [0.05, 0.1) is 6.61 Å². The van der Waals surface area contributed by atoms with Crippen molar-refractivity contribution in [2.45, 2.75) is 32.9 Å². The van der Waals surface area contributed by atoms with Gasteiger partial charge in [-0.15, -0.1) is 0 Å². The molecule has 0 aromatic heterocycles. The molecular formula is C13H18FNO2. The smallest absolute Gasteiger partial charge is 0.323 e. The Labute approximate surface area is 101 Å². The van der Waals surface area contributed by atoms with Crippen LogP contribution < -0.4 is 5.32 Å². The highest BCUT2D eigenvalue weighted by Crippen LogP contribution is 2.06. The van der Waals surface area contributed by atoms with E-state index in [1.165, 1.54) is 6.07 Å². The lowest BCUT2D eigenvalue weighted by atomic mass is 10.1. The third kappa shape index (κ3) is 4.15. The molecule has 0 aliphatic carbocycles. The lowest BCUT2D eigenvalue weighted by Crippen LogP contribution is -2.37. The van der Waals surface area contributed by atoms with Gasteiger partial charge in [-0.3, -0.25) is 4.79 Å². The van der Waals surface area contributed by atoms with Gasteiger partial charge < -0.3 is 10.1 Å². The standard InChI is InChI=1S/C13H18FNO2/c1-3-12(13(16)17-4-2)15-9-10-7-5-6-8-11(10)14/h5-8,12,15H,3-4,9H2,1-2H3. The second-order valence-electron chi connectivity index (χ2n) is 3.69. The number of halogens is 1. The largest absolute Gasteiger partial charge is 0.465 e. The van der Waals surface area contributed by atoms with E-state index < -0.39 is 0 Å². The predicted molar refractivity (Wildman–Crippen MR) is 64.0 cm³/mol. The van der Waals surface area contributed by atoms with Gasteiger partial charge >= 0.3 is 5.97 Å². The molecule has 0 radical (unpaired) electrons. The van der Waals surface area contributed by atoms with Gasteiger partial charge in [0.1, 0.15) is 11.9 Å².